The first-order valence-corrected chi connectivity index (χ1v) is 7.29. The third-order valence-electron chi connectivity index (χ3n) is 3.84. The number of benzene rings is 1. The molecule has 0 fully saturated rings. The number of anilines is 1. The largest absolute Gasteiger partial charge is 0.480 e. The van der Waals surface area contributed by atoms with Crippen LogP contribution >= 0.6 is 0 Å². The molecular formula is C17H22N2O3. The molecule has 118 valence electrons. The van der Waals surface area contributed by atoms with E-state index < -0.39 is 17.3 Å². The minimum atomic E-state index is -1.37. The number of hydrogen-bond donors (Lipinski definition) is 2. The second-order valence-corrected chi connectivity index (χ2v) is 6.17. The molecule has 0 spiro atoms. The van der Waals surface area contributed by atoms with Gasteiger partial charge in [0, 0.05) is 12.2 Å². The minimum Gasteiger partial charge on any atom is -0.480 e. The molecule has 0 aliphatic heterocycles. The molecule has 2 rings (SSSR count). The van der Waals surface area contributed by atoms with Crippen LogP contribution in [0.5, 0.6) is 0 Å². The molecule has 1 aliphatic rings. The van der Waals surface area contributed by atoms with E-state index in [1.54, 1.807) is 12.2 Å². The lowest BCUT2D eigenvalue weighted by atomic mass is 9.84. The second kappa shape index (κ2) is 6.32. The maximum absolute atomic E-state index is 12.5. The summed E-state index contributed by atoms with van der Waals surface area (Å²) in [6.45, 7) is 2.72. The van der Waals surface area contributed by atoms with Gasteiger partial charge in [0.2, 0.25) is 5.91 Å². The summed E-state index contributed by atoms with van der Waals surface area (Å²) in [5.74, 6) is -1.53. The van der Waals surface area contributed by atoms with Crippen LogP contribution in [0.3, 0.4) is 0 Å². The molecule has 22 heavy (non-hydrogen) atoms. The highest BCUT2D eigenvalue weighted by molar-refractivity contribution is 6.09. The normalized spacial score (nSPS) is 16.0. The molecule has 0 aromatic heterocycles. The number of carboxylic acids is 1. The van der Waals surface area contributed by atoms with E-state index >= 15 is 0 Å². The number of carboxylic acid groups (broad SMARTS) is 1. The standard InChI is InChI=1S/C17H22N2O3/c1-12-8-13(11-19(2)3)10-14(9-12)18-15(20)17(16(21)22)6-4-5-7-17/h4-5,8-10H,6-7,11H2,1-3H3,(H,18,20)(H,21,22). The fourth-order valence-electron chi connectivity index (χ4n) is 2.75. The fraction of sp³-hybridized carbons (Fsp3) is 0.412. The van der Waals surface area contributed by atoms with Crippen LogP contribution in [0.25, 0.3) is 0 Å². The second-order valence-electron chi connectivity index (χ2n) is 6.17. The Balaban J connectivity index is 2.21. The van der Waals surface area contributed by atoms with Gasteiger partial charge in [0.15, 0.2) is 5.41 Å². The van der Waals surface area contributed by atoms with Crippen molar-refractivity contribution >= 4 is 17.6 Å². The number of carbonyl (C=O) groups excluding carboxylic acids is 1. The van der Waals surface area contributed by atoms with E-state index in [0.29, 0.717) is 5.69 Å². The molecule has 2 N–H and O–H groups in total. The van der Waals surface area contributed by atoms with Crippen molar-refractivity contribution in [3.63, 3.8) is 0 Å². The summed E-state index contributed by atoms with van der Waals surface area (Å²) < 4.78 is 0. The predicted octanol–water partition coefficient (Wildman–Crippen LogP) is 2.42. The first-order chi connectivity index (χ1) is 10.3. The number of aliphatic carboxylic acids is 1. The number of hydrogen-bond acceptors (Lipinski definition) is 3. The van der Waals surface area contributed by atoms with E-state index in [2.05, 4.69) is 11.4 Å². The summed E-state index contributed by atoms with van der Waals surface area (Å²) >= 11 is 0. The van der Waals surface area contributed by atoms with E-state index in [1.165, 1.54) is 0 Å². The number of aryl methyl sites for hydroxylation is 1. The highest BCUT2D eigenvalue weighted by atomic mass is 16.4. The Morgan fingerprint density at radius 1 is 1.23 bits per heavy atom. The molecule has 1 amide bonds. The zero-order chi connectivity index (χ0) is 16.3. The third kappa shape index (κ3) is 3.36. The molecule has 1 aliphatic carbocycles. The number of nitrogens with one attached hydrogen (secondary N) is 1. The third-order valence-corrected chi connectivity index (χ3v) is 3.84. The Labute approximate surface area is 130 Å². The van der Waals surface area contributed by atoms with E-state index in [9.17, 15) is 14.7 Å². The Hall–Kier alpha value is -2.14. The number of amides is 1. The van der Waals surface area contributed by atoms with Crippen molar-refractivity contribution in [2.45, 2.75) is 26.3 Å². The molecule has 0 heterocycles. The summed E-state index contributed by atoms with van der Waals surface area (Å²) in [7, 11) is 3.95. The molecule has 0 unspecified atom stereocenters. The Bertz CT molecular complexity index is 612. The zero-order valence-electron chi connectivity index (χ0n) is 13.2. The highest BCUT2D eigenvalue weighted by Gasteiger charge is 2.46. The van der Waals surface area contributed by atoms with Crippen molar-refractivity contribution in [2.24, 2.45) is 5.41 Å². The lowest BCUT2D eigenvalue weighted by molar-refractivity contribution is -0.153. The van der Waals surface area contributed by atoms with Gasteiger partial charge in [-0.2, -0.15) is 0 Å². The van der Waals surface area contributed by atoms with Crippen LogP contribution in [0, 0.1) is 12.3 Å². The highest BCUT2D eigenvalue weighted by Crippen LogP contribution is 2.35. The van der Waals surface area contributed by atoms with Gasteiger partial charge in [0.05, 0.1) is 0 Å². The molecule has 5 nitrogen and oxygen atoms in total. The van der Waals surface area contributed by atoms with E-state index in [0.717, 1.165) is 17.7 Å². The van der Waals surface area contributed by atoms with E-state index in [4.69, 9.17) is 0 Å². The van der Waals surface area contributed by atoms with Gasteiger partial charge < -0.3 is 15.3 Å². The summed E-state index contributed by atoms with van der Waals surface area (Å²) in [5.41, 5.74) is 1.39. The smallest absolute Gasteiger partial charge is 0.319 e. The van der Waals surface area contributed by atoms with Gasteiger partial charge in [-0.15, -0.1) is 0 Å². The van der Waals surface area contributed by atoms with Crippen LogP contribution in [0.15, 0.2) is 30.4 Å². The fourth-order valence-corrected chi connectivity index (χ4v) is 2.75. The molecular weight excluding hydrogens is 280 g/mol. The molecule has 0 radical (unpaired) electrons. The zero-order valence-corrected chi connectivity index (χ0v) is 13.2. The number of nitrogens with zero attached hydrogens (tertiary/aromatic N) is 1. The first-order valence-electron chi connectivity index (χ1n) is 7.29. The minimum absolute atomic E-state index is 0.241. The Kier molecular flexibility index (Phi) is 4.66. The van der Waals surface area contributed by atoms with Crippen molar-refractivity contribution < 1.29 is 14.7 Å². The number of carbonyl (C=O) groups is 2. The van der Waals surface area contributed by atoms with E-state index in [1.807, 2.05) is 38.1 Å². The summed E-state index contributed by atoms with van der Waals surface area (Å²) in [5, 5.41) is 12.2. The Morgan fingerprint density at radius 3 is 2.41 bits per heavy atom. The number of rotatable bonds is 5. The SMILES string of the molecule is Cc1cc(CN(C)C)cc(NC(=O)C2(C(=O)O)CC=CC2)c1. The average molecular weight is 302 g/mol. The van der Waals surface area contributed by atoms with Crippen LogP contribution in [0.4, 0.5) is 5.69 Å². The lowest BCUT2D eigenvalue weighted by Gasteiger charge is -2.23. The van der Waals surface area contributed by atoms with Gasteiger partial charge in [0.1, 0.15) is 0 Å². The molecule has 0 bridgehead atoms. The van der Waals surface area contributed by atoms with Gasteiger partial charge in [-0.05, 0) is 57.1 Å². The molecule has 0 atom stereocenters. The maximum Gasteiger partial charge on any atom is 0.319 e. The quantitative estimate of drug-likeness (QED) is 0.647. The number of allylic oxidation sites excluding steroid dienone is 2. The Morgan fingerprint density at radius 2 is 1.86 bits per heavy atom. The summed E-state index contributed by atoms with van der Waals surface area (Å²) in [4.78, 5) is 26.0. The monoisotopic (exact) mass is 302 g/mol. The van der Waals surface area contributed by atoms with Gasteiger partial charge in [-0.1, -0.05) is 18.2 Å². The van der Waals surface area contributed by atoms with Crippen LogP contribution in [0.2, 0.25) is 0 Å². The van der Waals surface area contributed by atoms with Crippen LogP contribution < -0.4 is 5.32 Å². The summed E-state index contributed by atoms with van der Waals surface area (Å²) in [6, 6.07) is 5.80. The van der Waals surface area contributed by atoms with Crippen molar-refractivity contribution in [3.8, 4) is 0 Å². The predicted molar refractivity (Wildman–Crippen MR) is 85.6 cm³/mol. The van der Waals surface area contributed by atoms with Crippen LogP contribution in [-0.2, 0) is 16.1 Å². The van der Waals surface area contributed by atoms with Crippen LogP contribution in [-0.4, -0.2) is 36.0 Å². The van der Waals surface area contributed by atoms with Gasteiger partial charge in [-0.3, -0.25) is 9.59 Å². The molecule has 0 saturated carbocycles. The molecule has 1 aromatic rings. The summed E-state index contributed by atoms with van der Waals surface area (Å²) in [6.07, 6.45) is 3.98. The van der Waals surface area contributed by atoms with Crippen molar-refractivity contribution in [1.29, 1.82) is 0 Å². The van der Waals surface area contributed by atoms with Crippen molar-refractivity contribution in [2.75, 3.05) is 19.4 Å². The van der Waals surface area contributed by atoms with Crippen molar-refractivity contribution in [3.05, 3.63) is 41.5 Å². The van der Waals surface area contributed by atoms with Gasteiger partial charge in [-0.25, -0.2) is 0 Å². The first kappa shape index (κ1) is 16.2. The topological polar surface area (TPSA) is 69.6 Å². The average Bonchev–Trinajstić information content (AvgIpc) is 2.87. The lowest BCUT2D eigenvalue weighted by Crippen LogP contribution is -2.41. The molecule has 0 saturated heterocycles. The molecule has 1 aromatic carbocycles. The van der Waals surface area contributed by atoms with Crippen LogP contribution in [0.1, 0.15) is 24.0 Å². The van der Waals surface area contributed by atoms with E-state index in [-0.39, 0.29) is 12.8 Å². The van der Waals surface area contributed by atoms with Gasteiger partial charge in [0.25, 0.3) is 0 Å². The van der Waals surface area contributed by atoms with Crippen molar-refractivity contribution in [1.82, 2.24) is 4.90 Å². The molecule has 5 heteroatoms. The maximum atomic E-state index is 12.5. The van der Waals surface area contributed by atoms with Gasteiger partial charge >= 0.3 is 5.97 Å².